The number of urea groups is 1. The molecule has 20 heavy (non-hydrogen) atoms. The van der Waals surface area contributed by atoms with Crippen LogP contribution in [0.3, 0.4) is 0 Å². The van der Waals surface area contributed by atoms with Crippen molar-refractivity contribution in [2.24, 2.45) is 0 Å². The Morgan fingerprint density at radius 1 is 1.35 bits per heavy atom. The fraction of sp³-hybridized carbons (Fsp3) is 0.385. The first kappa shape index (κ1) is 15.9. The van der Waals surface area contributed by atoms with E-state index in [9.17, 15) is 19.1 Å². The molecule has 0 heterocycles. The van der Waals surface area contributed by atoms with Gasteiger partial charge in [-0.15, -0.1) is 0 Å². The van der Waals surface area contributed by atoms with Crippen molar-refractivity contribution in [3.8, 4) is 0 Å². The van der Waals surface area contributed by atoms with Gasteiger partial charge in [0, 0.05) is 6.54 Å². The fourth-order valence-corrected chi connectivity index (χ4v) is 1.40. The van der Waals surface area contributed by atoms with Crippen molar-refractivity contribution in [1.82, 2.24) is 10.6 Å². The number of hydrogen-bond acceptors (Lipinski definition) is 3. The van der Waals surface area contributed by atoms with Gasteiger partial charge in [0.1, 0.15) is 5.82 Å². The number of carbonyl (C=O) groups is 2. The lowest BCUT2D eigenvalue weighted by atomic mass is 10.1. The molecule has 0 fully saturated rings. The third kappa shape index (κ3) is 5.23. The van der Waals surface area contributed by atoms with Gasteiger partial charge in [0.2, 0.25) is 0 Å². The third-order valence-corrected chi connectivity index (χ3v) is 2.64. The normalized spacial score (nSPS) is 13.3. The molecule has 2 amide bonds. The van der Waals surface area contributed by atoms with E-state index in [1.807, 2.05) is 0 Å². The molecule has 0 spiro atoms. The lowest BCUT2D eigenvalue weighted by molar-refractivity contribution is -0.155. The number of nitrogens with one attached hydrogen (secondary N) is 2. The molecule has 0 saturated heterocycles. The van der Waals surface area contributed by atoms with E-state index in [2.05, 4.69) is 10.6 Å². The van der Waals surface area contributed by atoms with E-state index in [0.717, 1.165) is 12.5 Å². The van der Waals surface area contributed by atoms with E-state index in [-0.39, 0.29) is 12.4 Å². The van der Waals surface area contributed by atoms with E-state index in [0.29, 0.717) is 6.42 Å². The highest BCUT2D eigenvalue weighted by Crippen LogP contribution is 2.03. The van der Waals surface area contributed by atoms with E-state index in [4.69, 9.17) is 5.11 Å². The summed E-state index contributed by atoms with van der Waals surface area (Å²) < 4.78 is 12.9. The molecule has 4 N–H and O–H groups in total. The van der Waals surface area contributed by atoms with E-state index in [1.165, 1.54) is 12.1 Å². The molecule has 0 aliphatic rings. The standard InChI is InChI=1S/C13H17FN2O4/c1-13(20,11(17)18)8-16-12(19)15-6-5-9-3-2-4-10(14)7-9/h2-4,7,20H,5-6,8H2,1H3,(H,17,18)(H2,15,16,19). The summed E-state index contributed by atoms with van der Waals surface area (Å²) >= 11 is 0. The average Bonchev–Trinajstić information content (AvgIpc) is 2.36. The molecule has 0 aliphatic carbocycles. The first-order valence-corrected chi connectivity index (χ1v) is 6.03. The topological polar surface area (TPSA) is 98.7 Å². The number of aliphatic carboxylic acids is 1. The number of rotatable bonds is 6. The zero-order valence-corrected chi connectivity index (χ0v) is 11.0. The Morgan fingerprint density at radius 3 is 2.65 bits per heavy atom. The zero-order chi connectivity index (χ0) is 15.2. The molecular weight excluding hydrogens is 267 g/mol. The predicted octanol–water partition coefficient (Wildman–Crippen LogP) is 0.503. The van der Waals surface area contributed by atoms with Crippen LogP contribution >= 0.6 is 0 Å². The summed E-state index contributed by atoms with van der Waals surface area (Å²) in [5.41, 5.74) is -1.28. The minimum atomic E-state index is -2.01. The maximum atomic E-state index is 12.9. The Balaban J connectivity index is 2.29. The van der Waals surface area contributed by atoms with Gasteiger partial charge < -0.3 is 20.8 Å². The maximum absolute atomic E-state index is 12.9. The molecule has 1 aromatic rings. The van der Waals surface area contributed by atoms with Gasteiger partial charge in [-0.05, 0) is 31.0 Å². The number of carboxylic acids is 1. The summed E-state index contributed by atoms with van der Waals surface area (Å²) in [4.78, 5) is 22.0. The number of benzene rings is 1. The van der Waals surface area contributed by atoms with Crippen molar-refractivity contribution in [2.45, 2.75) is 18.9 Å². The molecule has 0 saturated carbocycles. The van der Waals surface area contributed by atoms with Crippen LogP contribution in [0.15, 0.2) is 24.3 Å². The molecule has 0 aliphatic heterocycles. The van der Waals surface area contributed by atoms with Crippen LogP contribution in [0, 0.1) is 5.82 Å². The van der Waals surface area contributed by atoms with Gasteiger partial charge >= 0.3 is 12.0 Å². The van der Waals surface area contributed by atoms with Gasteiger partial charge in [-0.3, -0.25) is 0 Å². The maximum Gasteiger partial charge on any atom is 0.337 e. The molecule has 7 heteroatoms. The summed E-state index contributed by atoms with van der Waals surface area (Å²) in [5, 5.41) is 22.8. The number of carbonyl (C=O) groups excluding carboxylic acids is 1. The number of hydrogen-bond donors (Lipinski definition) is 4. The minimum absolute atomic E-state index is 0.268. The van der Waals surface area contributed by atoms with Crippen LogP contribution in [0.25, 0.3) is 0 Å². The monoisotopic (exact) mass is 284 g/mol. The smallest absolute Gasteiger partial charge is 0.337 e. The van der Waals surface area contributed by atoms with Gasteiger partial charge in [0.05, 0.1) is 6.54 Å². The summed E-state index contributed by atoms with van der Waals surface area (Å²) in [6.07, 6.45) is 0.445. The molecule has 1 unspecified atom stereocenters. The second kappa shape index (κ2) is 6.85. The van der Waals surface area contributed by atoms with Gasteiger partial charge in [0.15, 0.2) is 5.60 Å². The molecular formula is C13H17FN2O4. The van der Waals surface area contributed by atoms with E-state index in [1.54, 1.807) is 12.1 Å². The molecule has 0 aromatic heterocycles. The fourth-order valence-electron chi connectivity index (χ4n) is 1.40. The van der Waals surface area contributed by atoms with Crippen molar-refractivity contribution in [2.75, 3.05) is 13.1 Å². The highest BCUT2D eigenvalue weighted by atomic mass is 19.1. The average molecular weight is 284 g/mol. The largest absolute Gasteiger partial charge is 0.479 e. The van der Waals surface area contributed by atoms with Crippen LogP contribution in [0.1, 0.15) is 12.5 Å². The number of halogens is 1. The van der Waals surface area contributed by atoms with Gasteiger partial charge in [-0.2, -0.15) is 0 Å². The second-order valence-corrected chi connectivity index (χ2v) is 4.57. The highest BCUT2D eigenvalue weighted by molar-refractivity contribution is 5.79. The van der Waals surface area contributed by atoms with Crippen molar-refractivity contribution in [3.63, 3.8) is 0 Å². The minimum Gasteiger partial charge on any atom is -0.479 e. The first-order chi connectivity index (χ1) is 9.31. The zero-order valence-electron chi connectivity index (χ0n) is 11.0. The summed E-state index contributed by atoms with van der Waals surface area (Å²) in [6, 6.07) is 5.42. The number of carboxylic acid groups (broad SMARTS) is 1. The van der Waals surface area contributed by atoms with Crippen LogP contribution in [-0.2, 0) is 11.2 Å². The van der Waals surface area contributed by atoms with Crippen LogP contribution < -0.4 is 10.6 Å². The molecule has 1 atom stereocenters. The van der Waals surface area contributed by atoms with Crippen LogP contribution in [0.5, 0.6) is 0 Å². The van der Waals surface area contributed by atoms with Gasteiger partial charge in [0.25, 0.3) is 0 Å². The Bertz CT molecular complexity index is 491. The Morgan fingerprint density at radius 2 is 2.05 bits per heavy atom. The lowest BCUT2D eigenvalue weighted by Crippen LogP contribution is -2.49. The van der Waals surface area contributed by atoms with Gasteiger partial charge in [-0.25, -0.2) is 14.0 Å². The van der Waals surface area contributed by atoms with Crippen molar-refractivity contribution < 1.29 is 24.2 Å². The third-order valence-electron chi connectivity index (χ3n) is 2.64. The summed E-state index contributed by atoms with van der Waals surface area (Å²) in [7, 11) is 0. The molecule has 1 rings (SSSR count). The molecule has 110 valence electrons. The van der Waals surface area contributed by atoms with E-state index < -0.39 is 24.1 Å². The Labute approximate surface area is 115 Å². The highest BCUT2D eigenvalue weighted by Gasteiger charge is 2.30. The summed E-state index contributed by atoms with van der Waals surface area (Å²) in [6.45, 7) is 0.945. The van der Waals surface area contributed by atoms with Crippen molar-refractivity contribution in [1.29, 1.82) is 0 Å². The molecule has 0 bridgehead atoms. The van der Waals surface area contributed by atoms with Crippen molar-refractivity contribution >= 4 is 12.0 Å². The molecule has 1 aromatic carbocycles. The number of aliphatic hydroxyl groups is 1. The van der Waals surface area contributed by atoms with Gasteiger partial charge in [-0.1, -0.05) is 12.1 Å². The number of amides is 2. The second-order valence-electron chi connectivity index (χ2n) is 4.57. The Hall–Kier alpha value is -2.15. The lowest BCUT2D eigenvalue weighted by Gasteiger charge is -2.18. The quantitative estimate of drug-likeness (QED) is 0.611. The van der Waals surface area contributed by atoms with Crippen LogP contribution in [-0.4, -0.2) is 40.9 Å². The molecule has 0 radical (unpaired) electrons. The SMILES string of the molecule is CC(O)(CNC(=O)NCCc1cccc(F)c1)C(=O)O. The summed E-state index contributed by atoms with van der Waals surface area (Å²) in [5.74, 6) is -1.76. The first-order valence-electron chi connectivity index (χ1n) is 6.03. The predicted molar refractivity (Wildman–Crippen MR) is 69.8 cm³/mol. The Kier molecular flexibility index (Phi) is 5.45. The van der Waals surface area contributed by atoms with Crippen LogP contribution in [0.4, 0.5) is 9.18 Å². The van der Waals surface area contributed by atoms with Crippen molar-refractivity contribution in [3.05, 3.63) is 35.6 Å². The van der Waals surface area contributed by atoms with Crippen LogP contribution in [0.2, 0.25) is 0 Å². The van der Waals surface area contributed by atoms with E-state index >= 15 is 0 Å². The molecule has 6 nitrogen and oxygen atoms in total.